The molecule has 4 aliphatic heterocycles. The molecule has 0 spiro atoms. The summed E-state index contributed by atoms with van der Waals surface area (Å²) in [6.07, 6.45) is 5.05. The van der Waals surface area contributed by atoms with E-state index in [-0.39, 0.29) is 73.3 Å². The van der Waals surface area contributed by atoms with Crippen LogP contribution >= 0.6 is 35.0 Å². The lowest BCUT2D eigenvalue weighted by Crippen LogP contribution is -2.38. The third kappa shape index (κ3) is 24.6. The fourth-order valence-electron chi connectivity index (χ4n) is 5.91. The molecule has 3 aromatic rings. The molecule has 17 nitrogen and oxygen atoms in total. The molecular weight excluding hydrogens is 940 g/mol. The Kier molecular flexibility index (Phi) is 23.6. The first kappa shape index (κ1) is 63.0. The van der Waals surface area contributed by atoms with Crippen LogP contribution in [0.15, 0.2) is 18.5 Å². The first-order chi connectivity index (χ1) is 31.1. The van der Waals surface area contributed by atoms with Gasteiger partial charge in [-0.3, -0.25) is 9.59 Å². The Morgan fingerprint density at radius 1 is 0.667 bits per heavy atom. The van der Waals surface area contributed by atoms with Crippen LogP contribution in [0.25, 0.3) is 0 Å². The van der Waals surface area contributed by atoms with Gasteiger partial charge in [0.15, 0.2) is 5.82 Å². The highest BCUT2D eigenvalue weighted by Gasteiger charge is 2.34. The minimum Gasteiger partial charge on any atom is -0.447 e. The second-order valence-corrected chi connectivity index (χ2v) is 26.7. The molecule has 8 N–H and O–H groups in total. The highest BCUT2D eigenvalue weighted by Crippen LogP contribution is 2.30. The zero-order valence-corrected chi connectivity index (χ0v) is 47.9. The maximum Gasteiger partial charge on any atom is 0.407 e. The van der Waals surface area contributed by atoms with E-state index in [1.807, 2.05) is 33.0 Å². The van der Waals surface area contributed by atoms with Gasteiger partial charge in [-0.2, -0.15) is 5.21 Å². The summed E-state index contributed by atoms with van der Waals surface area (Å²) in [5.74, 6) is 2.92. The molecule has 4 atom stereocenters. The first-order valence-electron chi connectivity index (χ1n) is 23.6. The number of H-pyrrole nitrogens is 3. The van der Waals surface area contributed by atoms with Crippen LogP contribution in [0.1, 0.15) is 176 Å². The lowest BCUT2D eigenvalue weighted by molar-refractivity contribution is -0.119. The molecule has 0 aromatic carbocycles. The van der Waals surface area contributed by atoms with Crippen LogP contribution in [0.3, 0.4) is 0 Å². The Morgan fingerprint density at radius 3 is 1.43 bits per heavy atom. The van der Waals surface area contributed by atoms with Crippen LogP contribution in [-0.2, 0) is 25.8 Å². The predicted molar refractivity (Wildman–Crippen MR) is 282 cm³/mol. The van der Waals surface area contributed by atoms with E-state index < -0.39 is 0 Å². The van der Waals surface area contributed by atoms with E-state index in [1.165, 1.54) is 11.8 Å². The number of halogens is 2. The highest BCUT2D eigenvalue weighted by atomic mass is 35.5. The summed E-state index contributed by atoms with van der Waals surface area (Å²) in [4.78, 5) is 53.0. The number of cyclic esters (lactones) is 1. The van der Waals surface area contributed by atoms with Gasteiger partial charge in [-0.05, 0) is 34.1 Å². The van der Waals surface area contributed by atoms with E-state index in [4.69, 9.17) is 27.9 Å². The third-order valence-corrected chi connectivity index (χ3v) is 12.6. The zero-order valence-electron chi connectivity index (χ0n) is 45.6. The molecule has 0 saturated carbocycles. The number of ether oxygens (including phenoxy) is 1. The predicted octanol–water partition coefficient (Wildman–Crippen LogP) is 10.8. The topological polar surface area (TPSA) is 237 Å². The normalized spacial score (nSPS) is 20.3. The fourth-order valence-corrected chi connectivity index (χ4v) is 7.35. The Morgan fingerprint density at radius 2 is 1.23 bits per heavy atom. The van der Waals surface area contributed by atoms with Gasteiger partial charge in [0.2, 0.25) is 5.91 Å². The summed E-state index contributed by atoms with van der Waals surface area (Å²) in [6, 6.07) is 3.01. The van der Waals surface area contributed by atoms with Crippen molar-refractivity contribution in [3.8, 4) is 0 Å². The summed E-state index contributed by atoms with van der Waals surface area (Å²) < 4.78 is 4.74. The quantitative estimate of drug-likeness (QED) is 0.106. The number of tetrazole rings is 1. The third-order valence-electron chi connectivity index (χ3n) is 11.1. The minimum atomic E-state index is -0.292. The summed E-state index contributed by atoms with van der Waals surface area (Å²) in [7, 11) is 0. The lowest BCUT2D eigenvalue weighted by Gasteiger charge is -2.26. The second kappa shape index (κ2) is 25.9. The van der Waals surface area contributed by atoms with Crippen molar-refractivity contribution in [1.29, 1.82) is 0 Å². The molecule has 4 fully saturated rings. The van der Waals surface area contributed by atoms with Gasteiger partial charge in [0, 0.05) is 65.1 Å². The van der Waals surface area contributed by atoms with E-state index in [2.05, 4.69) is 187 Å². The molecule has 69 heavy (non-hydrogen) atoms. The average Bonchev–Trinajstić information content (AvgIpc) is 4.03. The van der Waals surface area contributed by atoms with Crippen LogP contribution in [0.4, 0.5) is 14.4 Å². The Balaban J connectivity index is 0.000000403. The van der Waals surface area contributed by atoms with Crippen molar-refractivity contribution < 1.29 is 23.9 Å². The van der Waals surface area contributed by atoms with Crippen molar-refractivity contribution in [3.05, 3.63) is 46.0 Å². The Labute approximate surface area is 427 Å². The van der Waals surface area contributed by atoms with Crippen LogP contribution in [-0.4, -0.2) is 102 Å². The largest absolute Gasteiger partial charge is 0.447 e. The van der Waals surface area contributed by atoms with Gasteiger partial charge in [-0.1, -0.05) is 186 Å². The fraction of sp³-hybridized carbons (Fsp3) is 0.755. The van der Waals surface area contributed by atoms with E-state index >= 15 is 0 Å². The molecule has 0 radical (unpaired) electrons. The standard InChI is InChI=1S/C8H11Cl2N.C8H15NO.C7H14N2O.C7H12N2.C7H13NO2.C7H13NOS.C5H10N4/c1-8(2,3)6-4-5(9)7(10)11-6;1-8(2,3)6-4-5-7(10)9-6;1-7(2,3)5-4-8-6(10)9-5;1-7(2,3)6-8-4-5-9-6;2*1-7(2,3)5-4-10-6(9)8-5;1-5(2,3)4-6-8-9-7-4/h4,11H,1-3H3;6H,4-5H2,1-3H3,(H,9,10);5H,4H2,1-3H3,(H2,8,9,10);4-5H,1-3H3,(H,8,9);2*5H,4H2,1-3H3,(H,8,9);1-3H3,(H,6,7,8,9). The lowest BCUT2D eigenvalue weighted by atomic mass is 9.86. The Hall–Kier alpha value is -4.03. The molecule has 4 unspecified atom stereocenters. The van der Waals surface area contributed by atoms with Crippen LogP contribution in [0, 0.1) is 21.7 Å². The van der Waals surface area contributed by atoms with Crippen molar-refractivity contribution >= 4 is 58.2 Å². The summed E-state index contributed by atoms with van der Waals surface area (Å²) in [5, 5.41) is 29.0. The van der Waals surface area contributed by atoms with E-state index in [1.54, 1.807) is 6.20 Å². The second-order valence-electron chi connectivity index (χ2n) is 24.9. The van der Waals surface area contributed by atoms with E-state index in [0.29, 0.717) is 35.3 Å². The van der Waals surface area contributed by atoms with Crippen molar-refractivity contribution in [2.75, 3.05) is 18.9 Å². The van der Waals surface area contributed by atoms with Crippen molar-refractivity contribution in [3.63, 3.8) is 0 Å². The van der Waals surface area contributed by atoms with Gasteiger partial charge >= 0.3 is 12.1 Å². The number of nitrogens with one attached hydrogen (secondary N) is 8. The molecule has 7 rings (SSSR count). The van der Waals surface area contributed by atoms with Gasteiger partial charge in [0.1, 0.15) is 17.6 Å². The molecule has 20 heteroatoms. The van der Waals surface area contributed by atoms with Crippen molar-refractivity contribution in [2.45, 2.75) is 199 Å². The number of nitrogens with zero attached hydrogens (tertiary/aromatic N) is 4. The number of hydrogen-bond acceptors (Lipinski definition) is 10. The van der Waals surface area contributed by atoms with Crippen LogP contribution in [0.5, 0.6) is 0 Å². The molecule has 4 aliphatic rings. The average molecular weight is 1030 g/mol. The smallest absolute Gasteiger partial charge is 0.407 e. The molecule has 394 valence electrons. The number of aromatic amines is 3. The molecule has 7 heterocycles. The van der Waals surface area contributed by atoms with E-state index in [0.717, 1.165) is 36.1 Å². The van der Waals surface area contributed by atoms with Gasteiger partial charge < -0.3 is 41.3 Å². The number of rotatable bonds is 0. The Bertz CT molecular complexity index is 1800. The number of carbonyl (C=O) groups is 4. The van der Waals surface area contributed by atoms with Gasteiger partial charge in [-0.15, -0.1) is 10.2 Å². The molecule has 3 aromatic heterocycles. The monoisotopic (exact) mass is 1030 g/mol. The highest BCUT2D eigenvalue weighted by molar-refractivity contribution is 8.14. The summed E-state index contributed by atoms with van der Waals surface area (Å²) >= 11 is 12.9. The van der Waals surface area contributed by atoms with Crippen LogP contribution in [0.2, 0.25) is 10.2 Å². The zero-order chi connectivity index (χ0) is 53.6. The maximum atomic E-state index is 10.8. The number of carbonyl (C=O) groups excluding carboxylic acids is 4. The van der Waals surface area contributed by atoms with Gasteiger partial charge in [-0.25, -0.2) is 14.6 Å². The first-order valence-corrected chi connectivity index (χ1v) is 25.3. The number of alkyl carbamates (subject to hydrolysis) is 1. The summed E-state index contributed by atoms with van der Waals surface area (Å²) in [5.41, 5.74) is 2.01. The number of hydrogen-bond donors (Lipinski definition) is 8. The minimum absolute atomic E-state index is 0.00694. The number of amides is 5. The van der Waals surface area contributed by atoms with Crippen molar-refractivity contribution in [2.24, 2.45) is 21.7 Å². The maximum absolute atomic E-state index is 10.8. The van der Waals surface area contributed by atoms with Gasteiger partial charge in [0.05, 0.1) is 17.1 Å². The van der Waals surface area contributed by atoms with Crippen molar-refractivity contribution in [1.82, 2.24) is 62.2 Å². The number of imidazole rings is 1. The number of urea groups is 1. The molecular formula is C49H88Cl2N12O5S. The SMILES string of the molecule is CC(C)(C)C1CCC(=O)N1.CC(C)(C)C1CNC(=O)N1.CC(C)(C)C1COC(=O)N1.CC(C)(C)C1CSC(=O)N1.CC(C)(C)c1cc(Cl)c(Cl)[nH]1.CC(C)(C)c1ncc[nH]1.CC(C)(C)c1nn[nH]n1. The number of thioether (sulfide) groups is 1. The molecule has 4 saturated heterocycles. The molecule has 5 amide bonds. The molecule has 0 aliphatic carbocycles. The van der Waals surface area contributed by atoms with Crippen LogP contribution < -0.4 is 26.6 Å². The van der Waals surface area contributed by atoms with Gasteiger partial charge in [0.25, 0.3) is 5.24 Å². The molecule has 0 bridgehead atoms. The van der Waals surface area contributed by atoms with E-state index in [9.17, 15) is 19.2 Å². The summed E-state index contributed by atoms with van der Waals surface area (Å²) in [6.45, 7) is 45.5. The number of aromatic nitrogens is 7.